The lowest BCUT2D eigenvalue weighted by Crippen LogP contribution is -1.82. The molecule has 0 aliphatic heterocycles. The van der Waals surface area contributed by atoms with Crippen LogP contribution in [0.3, 0.4) is 0 Å². The van der Waals surface area contributed by atoms with Crippen molar-refractivity contribution in [1.82, 2.24) is 0 Å². The topological polar surface area (TPSA) is 20.2 Å². The van der Waals surface area contributed by atoms with Gasteiger partial charge in [-0.15, -0.1) is 0 Å². The molecule has 1 nitrogen and oxygen atoms in total. The lowest BCUT2D eigenvalue weighted by molar-refractivity contribution is 0.282. The van der Waals surface area contributed by atoms with Crippen molar-refractivity contribution in [2.75, 3.05) is 0 Å². The summed E-state index contributed by atoms with van der Waals surface area (Å²) in [5.74, 6) is 0. The van der Waals surface area contributed by atoms with E-state index in [9.17, 15) is 0 Å². The zero-order valence-electron chi connectivity index (χ0n) is 7.00. The summed E-state index contributed by atoms with van der Waals surface area (Å²) in [6, 6.07) is 12.3. The maximum Gasteiger partial charge on any atom is 0.0682 e. The average Bonchev–Trinajstić information content (AvgIpc) is 2.16. The standard InChI is InChI=1S/C11H9IO/c12-11-4-3-9-2-1-8(7-13)5-10(9)6-11/h1-6,13H,7H2. The van der Waals surface area contributed by atoms with E-state index in [0.29, 0.717) is 0 Å². The fraction of sp³-hybridized carbons (Fsp3) is 0.0909. The number of halogens is 1. The van der Waals surface area contributed by atoms with Crippen molar-refractivity contribution >= 4 is 33.4 Å². The monoisotopic (exact) mass is 284 g/mol. The molecule has 0 spiro atoms. The molecule has 0 radical (unpaired) electrons. The largest absolute Gasteiger partial charge is 0.392 e. The first-order valence-corrected chi connectivity index (χ1v) is 5.16. The van der Waals surface area contributed by atoms with E-state index in [4.69, 9.17) is 5.11 Å². The third-order valence-electron chi connectivity index (χ3n) is 2.05. The molecule has 0 atom stereocenters. The number of aliphatic hydroxyl groups is 1. The Balaban J connectivity index is 2.68. The summed E-state index contributed by atoms with van der Waals surface area (Å²) in [6.45, 7) is 0.113. The number of fused-ring (bicyclic) bond motifs is 1. The van der Waals surface area contributed by atoms with Crippen LogP contribution in [0.15, 0.2) is 36.4 Å². The van der Waals surface area contributed by atoms with Gasteiger partial charge in [0, 0.05) is 3.57 Å². The molecule has 0 aliphatic carbocycles. The second-order valence-electron chi connectivity index (χ2n) is 2.98. The predicted molar refractivity (Wildman–Crippen MR) is 62.6 cm³/mol. The SMILES string of the molecule is OCc1ccc2ccc(I)cc2c1. The van der Waals surface area contributed by atoms with Gasteiger partial charge in [0.25, 0.3) is 0 Å². The fourth-order valence-corrected chi connectivity index (χ4v) is 1.88. The lowest BCUT2D eigenvalue weighted by Gasteiger charge is -2.00. The molecule has 1 N–H and O–H groups in total. The average molecular weight is 284 g/mol. The molecule has 0 aliphatic rings. The zero-order valence-corrected chi connectivity index (χ0v) is 9.15. The van der Waals surface area contributed by atoms with Gasteiger partial charge in [-0.1, -0.05) is 18.2 Å². The van der Waals surface area contributed by atoms with Crippen molar-refractivity contribution in [1.29, 1.82) is 0 Å². The highest BCUT2D eigenvalue weighted by Crippen LogP contribution is 2.18. The summed E-state index contributed by atoms with van der Waals surface area (Å²) in [7, 11) is 0. The summed E-state index contributed by atoms with van der Waals surface area (Å²) in [4.78, 5) is 0. The molecule has 0 heterocycles. The van der Waals surface area contributed by atoms with Crippen molar-refractivity contribution < 1.29 is 5.11 Å². The fourth-order valence-electron chi connectivity index (χ4n) is 1.37. The number of rotatable bonds is 1. The minimum Gasteiger partial charge on any atom is -0.392 e. The van der Waals surface area contributed by atoms with Crippen LogP contribution in [-0.2, 0) is 6.61 Å². The molecule has 0 fully saturated rings. The third-order valence-corrected chi connectivity index (χ3v) is 2.72. The summed E-state index contributed by atoms with van der Waals surface area (Å²) < 4.78 is 1.22. The Hall–Kier alpha value is -0.610. The highest BCUT2D eigenvalue weighted by molar-refractivity contribution is 14.1. The summed E-state index contributed by atoms with van der Waals surface area (Å²) in [5.41, 5.74) is 0.967. The highest BCUT2D eigenvalue weighted by Gasteiger charge is 1.95. The predicted octanol–water partition coefficient (Wildman–Crippen LogP) is 2.94. The molecule has 66 valence electrons. The van der Waals surface area contributed by atoms with E-state index in [2.05, 4.69) is 40.8 Å². The van der Waals surface area contributed by atoms with E-state index in [1.165, 1.54) is 14.3 Å². The van der Waals surface area contributed by atoms with E-state index in [0.717, 1.165) is 5.56 Å². The summed E-state index contributed by atoms with van der Waals surface area (Å²) >= 11 is 2.29. The second kappa shape index (κ2) is 3.64. The van der Waals surface area contributed by atoms with E-state index >= 15 is 0 Å². The minimum absolute atomic E-state index is 0.113. The van der Waals surface area contributed by atoms with Gasteiger partial charge in [-0.2, -0.15) is 0 Å². The van der Waals surface area contributed by atoms with Crippen LogP contribution in [0.1, 0.15) is 5.56 Å². The zero-order chi connectivity index (χ0) is 9.26. The van der Waals surface area contributed by atoms with Gasteiger partial charge in [-0.25, -0.2) is 0 Å². The molecule has 0 unspecified atom stereocenters. The molecule has 2 aromatic rings. The Morgan fingerprint density at radius 1 is 1.00 bits per heavy atom. The van der Waals surface area contributed by atoms with E-state index < -0.39 is 0 Å². The molecule has 2 aromatic carbocycles. The Bertz CT molecular complexity index is 437. The van der Waals surface area contributed by atoms with Crippen molar-refractivity contribution in [2.24, 2.45) is 0 Å². The molecular formula is C11H9IO. The Kier molecular flexibility index (Phi) is 2.51. The summed E-state index contributed by atoms with van der Waals surface area (Å²) in [5, 5.41) is 11.4. The van der Waals surface area contributed by atoms with Crippen LogP contribution >= 0.6 is 22.6 Å². The quantitative estimate of drug-likeness (QED) is 0.798. The smallest absolute Gasteiger partial charge is 0.0682 e. The maximum atomic E-state index is 8.96. The molecular weight excluding hydrogens is 275 g/mol. The molecule has 2 rings (SSSR count). The van der Waals surface area contributed by atoms with E-state index in [1.54, 1.807) is 0 Å². The van der Waals surface area contributed by atoms with E-state index in [1.807, 2.05) is 18.2 Å². The first-order valence-electron chi connectivity index (χ1n) is 4.08. The van der Waals surface area contributed by atoms with E-state index in [-0.39, 0.29) is 6.61 Å². The molecule has 13 heavy (non-hydrogen) atoms. The van der Waals surface area contributed by atoms with Crippen LogP contribution < -0.4 is 0 Å². The van der Waals surface area contributed by atoms with Crippen molar-refractivity contribution in [3.8, 4) is 0 Å². The van der Waals surface area contributed by atoms with Gasteiger partial charge < -0.3 is 5.11 Å². The Morgan fingerprint density at radius 2 is 1.77 bits per heavy atom. The molecule has 0 amide bonds. The Labute approximate surface area is 90.5 Å². The highest BCUT2D eigenvalue weighted by atomic mass is 127. The van der Waals surface area contributed by atoms with Crippen LogP contribution in [0.5, 0.6) is 0 Å². The first-order chi connectivity index (χ1) is 6.29. The van der Waals surface area contributed by atoms with Gasteiger partial charge in [0.05, 0.1) is 6.61 Å². The molecule has 0 saturated carbocycles. The van der Waals surface area contributed by atoms with Gasteiger partial charge in [0.1, 0.15) is 0 Å². The lowest BCUT2D eigenvalue weighted by atomic mass is 10.1. The van der Waals surface area contributed by atoms with Crippen LogP contribution in [0.2, 0.25) is 0 Å². The normalized spacial score (nSPS) is 10.6. The van der Waals surface area contributed by atoms with Crippen LogP contribution in [0.25, 0.3) is 10.8 Å². The third kappa shape index (κ3) is 1.84. The van der Waals surface area contributed by atoms with Crippen LogP contribution in [0, 0.1) is 3.57 Å². The van der Waals surface area contributed by atoms with Gasteiger partial charge in [0.2, 0.25) is 0 Å². The Morgan fingerprint density at radius 3 is 2.54 bits per heavy atom. The van der Waals surface area contributed by atoms with Gasteiger partial charge in [-0.3, -0.25) is 0 Å². The minimum atomic E-state index is 0.113. The summed E-state index contributed by atoms with van der Waals surface area (Å²) in [6.07, 6.45) is 0. The maximum absolute atomic E-state index is 8.96. The number of benzene rings is 2. The number of hydrogen-bond donors (Lipinski definition) is 1. The molecule has 0 aromatic heterocycles. The van der Waals surface area contributed by atoms with Gasteiger partial charge in [0.15, 0.2) is 0 Å². The van der Waals surface area contributed by atoms with Crippen LogP contribution in [0.4, 0.5) is 0 Å². The van der Waals surface area contributed by atoms with Crippen molar-refractivity contribution in [3.05, 3.63) is 45.5 Å². The van der Waals surface area contributed by atoms with Crippen molar-refractivity contribution in [3.63, 3.8) is 0 Å². The van der Waals surface area contributed by atoms with Gasteiger partial charge in [-0.05, 0) is 57.1 Å². The molecule has 2 heteroatoms. The number of aliphatic hydroxyl groups excluding tert-OH is 1. The van der Waals surface area contributed by atoms with Crippen molar-refractivity contribution in [2.45, 2.75) is 6.61 Å². The number of hydrogen-bond acceptors (Lipinski definition) is 1. The first kappa shape index (κ1) is 8.97. The molecule has 0 bridgehead atoms. The van der Waals surface area contributed by atoms with Gasteiger partial charge >= 0.3 is 0 Å². The second-order valence-corrected chi connectivity index (χ2v) is 4.23. The van der Waals surface area contributed by atoms with Crippen LogP contribution in [-0.4, -0.2) is 5.11 Å². The molecule has 0 saturated heterocycles.